The zero-order valence-corrected chi connectivity index (χ0v) is 6.81. The van der Waals surface area contributed by atoms with Crippen molar-refractivity contribution in [1.29, 1.82) is 0 Å². The monoisotopic (exact) mass is 179 g/mol. The van der Waals surface area contributed by atoms with E-state index < -0.39 is 0 Å². The molecule has 0 aliphatic carbocycles. The number of H-pyrrole nitrogens is 2. The Balaban J connectivity index is 3.09. The van der Waals surface area contributed by atoms with Crippen LogP contribution in [-0.4, -0.2) is 15.0 Å². The van der Waals surface area contributed by atoms with Crippen LogP contribution in [0.2, 0.25) is 0 Å². The summed E-state index contributed by atoms with van der Waals surface area (Å²) in [4.78, 5) is 20.0. The molecule has 0 bridgehead atoms. The number of fused-ring (bicyclic) bond motifs is 1. The van der Waals surface area contributed by atoms with Crippen molar-refractivity contribution in [2.45, 2.75) is 0 Å². The first-order chi connectivity index (χ1) is 5.77. The van der Waals surface area contributed by atoms with E-state index in [2.05, 4.69) is 15.0 Å². The second kappa shape index (κ2) is 2.53. The Hall–Kier alpha value is -1.49. The summed E-state index contributed by atoms with van der Waals surface area (Å²) in [5, 5.41) is 0. The van der Waals surface area contributed by atoms with E-state index in [-0.39, 0.29) is 5.69 Å². The molecule has 0 fully saturated rings. The number of hydrogen-bond acceptors (Lipinski definition) is 3. The van der Waals surface area contributed by atoms with E-state index in [1.165, 1.54) is 0 Å². The van der Waals surface area contributed by atoms with E-state index in [0.29, 0.717) is 15.7 Å². The van der Waals surface area contributed by atoms with Crippen LogP contribution in [0.3, 0.4) is 0 Å². The maximum Gasteiger partial charge on any atom is 0.324 e. The summed E-state index contributed by atoms with van der Waals surface area (Å²) in [7, 11) is 0. The molecule has 0 radical (unpaired) electrons. The van der Waals surface area contributed by atoms with Gasteiger partial charge in [0.25, 0.3) is 0 Å². The Morgan fingerprint density at radius 2 is 2.25 bits per heavy atom. The summed E-state index contributed by atoms with van der Waals surface area (Å²) in [5.74, 6) is 0. The smallest absolute Gasteiger partial charge is 0.306 e. The van der Waals surface area contributed by atoms with Gasteiger partial charge in [-0.25, -0.2) is 4.79 Å². The molecule has 0 unspecified atom stereocenters. The molecule has 2 rings (SSSR count). The normalized spacial score (nSPS) is 10.3. The van der Waals surface area contributed by atoms with Crippen LogP contribution in [0.5, 0.6) is 0 Å². The van der Waals surface area contributed by atoms with Gasteiger partial charge >= 0.3 is 5.69 Å². The first-order valence-corrected chi connectivity index (χ1v) is 3.75. The minimum atomic E-state index is -0.305. The van der Waals surface area contributed by atoms with Crippen molar-refractivity contribution in [2.75, 3.05) is 0 Å². The fourth-order valence-electron chi connectivity index (χ4n) is 1.00. The average Bonchev–Trinajstić information content (AvgIpc) is 2.04. The molecule has 2 N–H and O–H groups in total. The summed E-state index contributed by atoms with van der Waals surface area (Å²) < 4.78 is 0.370. The number of rotatable bonds is 0. The van der Waals surface area contributed by atoms with Crippen molar-refractivity contribution in [1.82, 2.24) is 15.0 Å². The Bertz CT molecular complexity index is 528. The van der Waals surface area contributed by atoms with Crippen LogP contribution in [-0.2, 0) is 0 Å². The summed E-state index contributed by atoms with van der Waals surface area (Å²) in [5.41, 5.74) is 0.971. The van der Waals surface area contributed by atoms with Crippen LogP contribution in [0.4, 0.5) is 0 Å². The highest BCUT2D eigenvalue weighted by Crippen LogP contribution is 2.03. The molecule has 0 atom stereocenters. The second-order valence-electron chi connectivity index (χ2n) is 2.31. The lowest BCUT2D eigenvalue weighted by Gasteiger charge is -1.93. The number of aromatic nitrogens is 3. The summed E-state index contributed by atoms with van der Waals surface area (Å²) >= 11 is 4.90. The maximum atomic E-state index is 10.9. The van der Waals surface area contributed by atoms with E-state index in [4.69, 9.17) is 12.2 Å². The zero-order valence-electron chi connectivity index (χ0n) is 6.00. The van der Waals surface area contributed by atoms with E-state index in [1.807, 2.05) is 0 Å². The van der Waals surface area contributed by atoms with Crippen molar-refractivity contribution in [3.8, 4) is 0 Å². The van der Waals surface area contributed by atoms with Crippen LogP contribution >= 0.6 is 12.2 Å². The highest BCUT2D eigenvalue weighted by Gasteiger charge is 1.95. The molecule has 0 spiro atoms. The van der Waals surface area contributed by atoms with E-state index in [9.17, 15) is 4.79 Å². The predicted octanol–water partition coefficient (Wildman–Crippen LogP) is 0.981. The van der Waals surface area contributed by atoms with Gasteiger partial charge in [-0.2, -0.15) is 0 Å². The molecule has 0 aromatic carbocycles. The van der Waals surface area contributed by atoms with Crippen molar-refractivity contribution in [3.63, 3.8) is 0 Å². The molecule has 5 heteroatoms. The molecule has 2 heterocycles. The molecule has 2 aromatic heterocycles. The van der Waals surface area contributed by atoms with Crippen LogP contribution in [0, 0.1) is 4.64 Å². The lowest BCUT2D eigenvalue weighted by molar-refractivity contribution is 1.09. The molecule has 60 valence electrons. The standard InChI is InChI=1S/C7H5N3OS/c11-7-9-4-2-1-3-8-5(4)6(12)10-7/h1-3H,(H2,9,10,11,12). The van der Waals surface area contributed by atoms with E-state index >= 15 is 0 Å². The van der Waals surface area contributed by atoms with Crippen molar-refractivity contribution in [2.24, 2.45) is 0 Å². The van der Waals surface area contributed by atoms with Gasteiger partial charge in [0.1, 0.15) is 10.2 Å². The SMILES string of the molecule is O=c1[nH]c(=S)c2ncccc2[nH]1. The minimum Gasteiger partial charge on any atom is -0.306 e. The largest absolute Gasteiger partial charge is 0.324 e. The molecule has 0 aliphatic heterocycles. The molecule has 2 aromatic rings. The minimum absolute atomic E-state index is 0.305. The zero-order chi connectivity index (χ0) is 8.55. The Kier molecular flexibility index (Phi) is 1.51. The van der Waals surface area contributed by atoms with Crippen LogP contribution in [0.25, 0.3) is 11.0 Å². The topological polar surface area (TPSA) is 61.5 Å². The molecule has 0 amide bonds. The number of hydrogen-bond donors (Lipinski definition) is 2. The first-order valence-electron chi connectivity index (χ1n) is 3.35. The lowest BCUT2D eigenvalue weighted by atomic mass is 10.4. The predicted molar refractivity (Wildman–Crippen MR) is 47.5 cm³/mol. The molecule has 0 saturated heterocycles. The quantitative estimate of drug-likeness (QED) is 0.592. The fourth-order valence-corrected chi connectivity index (χ4v) is 1.26. The maximum absolute atomic E-state index is 10.9. The second-order valence-corrected chi connectivity index (χ2v) is 2.72. The molecular formula is C7H5N3OS. The number of aromatic amines is 2. The summed E-state index contributed by atoms with van der Waals surface area (Å²) in [6.07, 6.45) is 1.63. The van der Waals surface area contributed by atoms with Gasteiger partial charge in [0, 0.05) is 6.20 Å². The Labute approximate surface area is 72.3 Å². The Morgan fingerprint density at radius 3 is 3.08 bits per heavy atom. The van der Waals surface area contributed by atoms with Gasteiger partial charge in [0.2, 0.25) is 0 Å². The summed E-state index contributed by atoms with van der Waals surface area (Å²) in [6, 6.07) is 3.50. The number of pyridine rings is 1. The molecule has 0 aliphatic rings. The van der Waals surface area contributed by atoms with Gasteiger partial charge in [-0.3, -0.25) is 9.97 Å². The fraction of sp³-hybridized carbons (Fsp3) is 0. The highest BCUT2D eigenvalue weighted by molar-refractivity contribution is 7.71. The van der Waals surface area contributed by atoms with Gasteiger partial charge in [-0.15, -0.1) is 0 Å². The molecule has 12 heavy (non-hydrogen) atoms. The third kappa shape index (κ3) is 1.04. The van der Waals surface area contributed by atoms with Crippen LogP contribution in [0.1, 0.15) is 0 Å². The number of nitrogens with zero attached hydrogens (tertiary/aromatic N) is 1. The van der Waals surface area contributed by atoms with Crippen molar-refractivity contribution < 1.29 is 0 Å². The highest BCUT2D eigenvalue weighted by atomic mass is 32.1. The summed E-state index contributed by atoms with van der Waals surface area (Å²) in [6.45, 7) is 0. The van der Waals surface area contributed by atoms with Crippen molar-refractivity contribution in [3.05, 3.63) is 33.5 Å². The first kappa shape index (κ1) is 7.17. The van der Waals surface area contributed by atoms with Crippen molar-refractivity contribution >= 4 is 23.3 Å². The van der Waals surface area contributed by atoms with Gasteiger partial charge in [-0.05, 0) is 12.1 Å². The third-order valence-electron chi connectivity index (χ3n) is 1.50. The molecule has 0 saturated carbocycles. The number of nitrogens with one attached hydrogen (secondary N) is 2. The molecule has 4 nitrogen and oxygen atoms in total. The van der Waals surface area contributed by atoms with Gasteiger partial charge in [-0.1, -0.05) is 12.2 Å². The molecular weight excluding hydrogens is 174 g/mol. The van der Waals surface area contributed by atoms with Gasteiger partial charge in [0.05, 0.1) is 5.52 Å². The average molecular weight is 179 g/mol. The van der Waals surface area contributed by atoms with Gasteiger partial charge in [0.15, 0.2) is 0 Å². The van der Waals surface area contributed by atoms with Crippen LogP contribution in [0.15, 0.2) is 23.1 Å². The van der Waals surface area contributed by atoms with E-state index in [0.717, 1.165) is 0 Å². The third-order valence-corrected chi connectivity index (χ3v) is 1.79. The Morgan fingerprint density at radius 1 is 1.42 bits per heavy atom. The van der Waals surface area contributed by atoms with Gasteiger partial charge < -0.3 is 4.98 Å². The van der Waals surface area contributed by atoms with Crippen LogP contribution < -0.4 is 5.69 Å². The van der Waals surface area contributed by atoms with E-state index in [1.54, 1.807) is 18.3 Å². The lowest BCUT2D eigenvalue weighted by Crippen LogP contribution is -2.10.